The molecule has 172 valence electrons. The van der Waals surface area contributed by atoms with Crippen LogP contribution in [-0.4, -0.2) is 43.0 Å². The standard InChI is InChI=1S/C22H25F3N4O3/c1-2-32-17-9-7-16(8-10-17)28-19(30)13-27-21(31)15-5-4-12-29(14-15)20-18(22(23,24)25)6-3-11-26-20/h3,6-11,15H,2,4-5,12-14H2,1H3,(H,27,31)(H,28,30). The number of rotatable bonds is 7. The average molecular weight is 450 g/mol. The van der Waals surface area contributed by atoms with Gasteiger partial charge in [-0.25, -0.2) is 4.98 Å². The Bertz CT molecular complexity index is 935. The summed E-state index contributed by atoms with van der Waals surface area (Å²) in [5.74, 6) is -0.807. The Kier molecular flexibility index (Phi) is 7.55. The molecule has 0 radical (unpaired) electrons. The largest absolute Gasteiger partial charge is 0.494 e. The van der Waals surface area contributed by atoms with E-state index in [0.717, 1.165) is 6.07 Å². The number of ether oxygens (including phenoxy) is 1. The van der Waals surface area contributed by atoms with Crippen molar-refractivity contribution in [1.82, 2.24) is 10.3 Å². The minimum atomic E-state index is -4.53. The molecule has 2 aromatic rings. The van der Waals surface area contributed by atoms with Gasteiger partial charge in [0.05, 0.1) is 24.6 Å². The summed E-state index contributed by atoms with van der Waals surface area (Å²) in [4.78, 5) is 30.1. The molecule has 0 bridgehead atoms. The second-order valence-corrected chi connectivity index (χ2v) is 7.38. The van der Waals surface area contributed by atoms with Crippen molar-refractivity contribution in [3.05, 3.63) is 48.2 Å². The van der Waals surface area contributed by atoms with Gasteiger partial charge in [0.1, 0.15) is 11.6 Å². The Balaban J connectivity index is 1.54. The molecule has 1 aliphatic rings. The number of nitrogens with zero attached hydrogens (tertiary/aromatic N) is 2. The monoisotopic (exact) mass is 450 g/mol. The van der Waals surface area contributed by atoms with Crippen molar-refractivity contribution >= 4 is 23.3 Å². The molecule has 7 nitrogen and oxygen atoms in total. The molecule has 0 spiro atoms. The van der Waals surface area contributed by atoms with E-state index in [0.29, 0.717) is 37.4 Å². The molecule has 32 heavy (non-hydrogen) atoms. The summed E-state index contributed by atoms with van der Waals surface area (Å²) in [6.45, 7) is 2.65. The van der Waals surface area contributed by atoms with E-state index in [4.69, 9.17) is 4.74 Å². The van der Waals surface area contributed by atoms with Crippen LogP contribution in [0.2, 0.25) is 0 Å². The van der Waals surface area contributed by atoms with Crippen LogP contribution in [0.1, 0.15) is 25.3 Å². The highest BCUT2D eigenvalue weighted by atomic mass is 19.4. The number of aromatic nitrogens is 1. The Labute approximate surface area is 184 Å². The highest BCUT2D eigenvalue weighted by Crippen LogP contribution is 2.36. The number of anilines is 2. The van der Waals surface area contributed by atoms with Crippen LogP contribution in [0.15, 0.2) is 42.6 Å². The first-order valence-corrected chi connectivity index (χ1v) is 10.4. The SMILES string of the molecule is CCOc1ccc(NC(=O)CNC(=O)C2CCCN(c3ncccc3C(F)(F)F)C2)cc1. The van der Waals surface area contributed by atoms with Gasteiger partial charge in [0.15, 0.2) is 0 Å². The Morgan fingerprint density at radius 1 is 1.22 bits per heavy atom. The summed E-state index contributed by atoms with van der Waals surface area (Å²) < 4.78 is 45.3. The molecule has 1 atom stereocenters. The zero-order valence-electron chi connectivity index (χ0n) is 17.6. The topological polar surface area (TPSA) is 83.6 Å². The van der Waals surface area contributed by atoms with Crippen molar-refractivity contribution in [2.75, 3.05) is 36.5 Å². The van der Waals surface area contributed by atoms with Gasteiger partial charge < -0.3 is 20.3 Å². The highest BCUT2D eigenvalue weighted by molar-refractivity contribution is 5.94. The fourth-order valence-electron chi connectivity index (χ4n) is 3.57. The fraction of sp³-hybridized carbons (Fsp3) is 0.409. The number of pyridine rings is 1. The van der Waals surface area contributed by atoms with Crippen LogP contribution < -0.4 is 20.3 Å². The molecule has 3 rings (SSSR count). The number of benzene rings is 1. The minimum Gasteiger partial charge on any atom is -0.494 e. The zero-order valence-corrected chi connectivity index (χ0v) is 17.6. The van der Waals surface area contributed by atoms with Gasteiger partial charge in [0.25, 0.3) is 0 Å². The number of piperidine rings is 1. The lowest BCUT2D eigenvalue weighted by Gasteiger charge is -2.34. The molecule has 1 aromatic carbocycles. The van der Waals surface area contributed by atoms with Gasteiger partial charge in [0.2, 0.25) is 11.8 Å². The third-order valence-corrected chi connectivity index (χ3v) is 5.06. The molecule has 1 saturated heterocycles. The van der Waals surface area contributed by atoms with Crippen molar-refractivity contribution in [1.29, 1.82) is 0 Å². The van der Waals surface area contributed by atoms with E-state index in [9.17, 15) is 22.8 Å². The summed E-state index contributed by atoms with van der Waals surface area (Å²) in [5, 5.41) is 5.25. The molecule has 1 fully saturated rings. The maximum Gasteiger partial charge on any atom is 0.419 e. The summed E-state index contributed by atoms with van der Waals surface area (Å²) in [5.41, 5.74) is -0.262. The van der Waals surface area contributed by atoms with Crippen LogP contribution in [0, 0.1) is 5.92 Å². The van der Waals surface area contributed by atoms with Crippen LogP contribution in [0.5, 0.6) is 5.75 Å². The molecule has 2 N–H and O–H groups in total. The van der Waals surface area contributed by atoms with E-state index < -0.39 is 23.6 Å². The zero-order chi connectivity index (χ0) is 23.1. The number of nitrogens with one attached hydrogen (secondary N) is 2. The second-order valence-electron chi connectivity index (χ2n) is 7.38. The third-order valence-electron chi connectivity index (χ3n) is 5.06. The summed E-state index contributed by atoms with van der Waals surface area (Å²) in [7, 11) is 0. The quantitative estimate of drug-likeness (QED) is 0.675. The van der Waals surface area contributed by atoms with E-state index >= 15 is 0 Å². The lowest BCUT2D eigenvalue weighted by molar-refractivity contribution is -0.137. The molecule has 1 aliphatic heterocycles. The van der Waals surface area contributed by atoms with Gasteiger partial charge in [0, 0.05) is 25.0 Å². The van der Waals surface area contributed by atoms with E-state index in [1.54, 1.807) is 24.3 Å². The molecule has 10 heteroatoms. The first kappa shape index (κ1) is 23.4. The van der Waals surface area contributed by atoms with Crippen LogP contribution in [0.3, 0.4) is 0 Å². The number of carbonyl (C=O) groups excluding carboxylic acids is 2. The third kappa shape index (κ3) is 6.12. The van der Waals surface area contributed by atoms with Gasteiger partial charge >= 0.3 is 6.18 Å². The summed E-state index contributed by atoms with van der Waals surface area (Å²) in [6.07, 6.45) is -2.15. The Morgan fingerprint density at radius 2 is 1.97 bits per heavy atom. The van der Waals surface area contributed by atoms with Crippen LogP contribution >= 0.6 is 0 Å². The first-order chi connectivity index (χ1) is 15.3. The predicted molar refractivity (Wildman–Crippen MR) is 113 cm³/mol. The molecule has 0 aliphatic carbocycles. The smallest absolute Gasteiger partial charge is 0.419 e. The molecule has 1 unspecified atom stereocenters. The van der Waals surface area contributed by atoms with Gasteiger partial charge in [-0.05, 0) is 56.2 Å². The molecular weight excluding hydrogens is 425 g/mol. The molecule has 1 aromatic heterocycles. The van der Waals surface area contributed by atoms with Gasteiger partial charge in [-0.2, -0.15) is 13.2 Å². The molecular formula is C22H25F3N4O3. The number of halogens is 3. The van der Waals surface area contributed by atoms with Crippen molar-refractivity contribution in [2.24, 2.45) is 5.92 Å². The molecule has 2 heterocycles. The number of alkyl halides is 3. The number of amides is 2. The highest BCUT2D eigenvalue weighted by Gasteiger charge is 2.37. The van der Waals surface area contributed by atoms with Gasteiger partial charge in [-0.3, -0.25) is 9.59 Å². The van der Waals surface area contributed by atoms with Crippen LogP contribution in [-0.2, 0) is 15.8 Å². The summed E-state index contributed by atoms with van der Waals surface area (Å²) >= 11 is 0. The van der Waals surface area contributed by atoms with E-state index in [-0.39, 0.29) is 24.8 Å². The molecule has 2 amide bonds. The number of hydrogen-bond donors (Lipinski definition) is 2. The Hall–Kier alpha value is -3.30. The predicted octanol–water partition coefficient (Wildman–Crippen LogP) is 3.47. The molecule has 0 saturated carbocycles. The lowest BCUT2D eigenvalue weighted by Crippen LogP contribution is -2.45. The minimum absolute atomic E-state index is 0.104. The Morgan fingerprint density at radius 3 is 2.66 bits per heavy atom. The normalized spacial score (nSPS) is 16.4. The van der Waals surface area contributed by atoms with Crippen molar-refractivity contribution < 1.29 is 27.5 Å². The fourth-order valence-corrected chi connectivity index (χ4v) is 3.57. The maximum atomic E-state index is 13.3. The van der Waals surface area contributed by atoms with E-state index in [1.165, 1.54) is 17.2 Å². The van der Waals surface area contributed by atoms with Crippen LogP contribution in [0.4, 0.5) is 24.7 Å². The second kappa shape index (κ2) is 10.3. The number of carbonyl (C=O) groups is 2. The average Bonchev–Trinajstić information content (AvgIpc) is 2.78. The summed E-state index contributed by atoms with van der Waals surface area (Å²) in [6, 6.07) is 9.05. The number of hydrogen-bond acceptors (Lipinski definition) is 5. The lowest BCUT2D eigenvalue weighted by atomic mass is 9.96. The van der Waals surface area contributed by atoms with Crippen molar-refractivity contribution in [2.45, 2.75) is 25.9 Å². The van der Waals surface area contributed by atoms with Crippen LogP contribution in [0.25, 0.3) is 0 Å². The van der Waals surface area contributed by atoms with Crippen molar-refractivity contribution in [3.63, 3.8) is 0 Å². The van der Waals surface area contributed by atoms with Crippen molar-refractivity contribution in [3.8, 4) is 5.75 Å². The van der Waals surface area contributed by atoms with Gasteiger partial charge in [-0.15, -0.1) is 0 Å². The van der Waals surface area contributed by atoms with Gasteiger partial charge in [-0.1, -0.05) is 0 Å². The van der Waals surface area contributed by atoms with E-state index in [1.807, 2.05) is 6.92 Å². The first-order valence-electron chi connectivity index (χ1n) is 10.4. The maximum absolute atomic E-state index is 13.3. The van der Waals surface area contributed by atoms with E-state index in [2.05, 4.69) is 15.6 Å².